The first-order valence-electron chi connectivity index (χ1n) is 2.83. The molecule has 0 saturated heterocycles. The predicted molar refractivity (Wildman–Crippen MR) is 36.9 cm³/mol. The predicted octanol–water partition coefficient (Wildman–Crippen LogP) is 2.71. The van der Waals surface area contributed by atoms with Crippen LogP contribution in [0.25, 0.3) is 0 Å². The van der Waals surface area contributed by atoms with Gasteiger partial charge in [-0.1, -0.05) is 30.7 Å². The summed E-state index contributed by atoms with van der Waals surface area (Å²) in [4.78, 5) is 0. The van der Waals surface area contributed by atoms with Crippen molar-refractivity contribution >= 4 is 11.6 Å². The van der Waals surface area contributed by atoms with Crippen LogP contribution in [0.2, 0.25) is 0 Å². The molecule has 0 bridgehead atoms. The van der Waals surface area contributed by atoms with E-state index in [9.17, 15) is 0 Å². The Morgan fingerprint density at radius 2 is 2.50 bits per heavy atom. The lowest BCUT2D eigenvalue weighted by atomic mass is 10.0. The molecular weight excluding hydrogens is 120 g/mol. The largest absolute Gasteiger partial charge is 0.0888 e. The Balaban J connectivity index is 2.66. The number of allylic oxidation sites excluding steroid dienone is 4. The highest BCUT2D eigenvalue weighted by molar-refractivity contribution is 6.30. The molecule has 0 spiro atoms. The molecule has 0 N–H and O–H groups in total. The molecule has 8 heavy (non-hydrogen) atoms. The lowest BCUT2D eigenvalue weighted by molar-refractivity contribution is 0.721. The van der Waals surface area contributed by atoms with E-state index >= 15 is 0 Å². The van der Waals surface area contributed by atoms with Gasteiger partial charge in [0, 0.05) is 5.03 Å². The van der Waals surface area contributed by atoms with E-state index in [-0.39, 0.29) is 0 Å². The van der Waals surface area contributed by atoms with Gasteiger partial charge in [-0.15, -0.1) is 0 Å². The van der Waals surface area contributed by atoms with Gasteiger partial charge in [0.15, 0.2) is 0 Å². The summed E-state index contributed by atoms with van der Waals surface area (Å²) in [5.41, 5.74) is 0. The molecule has 0 radical (unpaired) electrons. The first-order valence-corrected chi connectivity index (χ1v) is 3.20. The van der Waals surface area contributed by atoms with Crippen LogP contribution in [0.3, 0.4) is 0 Å². The van der Waals surface area contributed by atoms with Crippen LogP contribution in [0.4, 0.5) is 0 Å². The molecule has 0 aromatic carbocycles. The van der Waals surface area contributed by atoms with Crippen LogP contribution in [0.5, 0.6) is 0 Å². The maximum atomic E-state index is 5.78. The molecule has 1 rings (SSSR count). The first kappa shape index (κ1) is 5.90. The Bertz CT molecular complexity index is 133. The molecule has 1 heteroatoms. The summed E-state index contributed by atoms with van der Waals surface area (Å²) in [5, 5.41) is 0.979. The molecule has 0 fully saturated rings. The number of hydrogen-bond donors (Lipinski definition) is 0. The van der Waals surface area contributed by atoms with Gasteiger partial charge < -0.3 is 0 Å². The fraction of sp³-hybridized carbons (Fsp3) is 0.429. The molecule has 1 atom stereocenters. The molecular formula is C7H9Cl. The second-order valence-corrected chi connectivity index (χ2v) is 2.55. The van der Waals surface area contributed by atoms with Crippen LogP contribution in [-0.4, -0.2) is 0 Å². The van der Waals surface area contributed by atoms with Crippen LogP contribution < -0.4 is 0 Å². The third kappa shape index (κ3) is 1.13. The molecule has 0 aromatic rings. The number of rotatable bonds is 0. The van der Waals surface area contributed by atoms with Crippen molar-refractivity contribution in [3.8, 4) is 0 Å². The molecule has 1 unspecified atom stereocenters. The second-order valence-electron chi connectivity index (χ2n) is 2.12. The summed E-state index contributed by atoms with van der Waals surface area (Å²) in [5.74, 6) is 0.543. The highest BCUT2D eigenvalue weighted by Gasteiger charge is 2.04. The van der Waals surface area contributed by atoms with Crippen molar-refractivity contribution in [2.75, 3.05) is 0 Å². The van der Waals surface area contributed by atoms with E-state index < -0.39 is 0 Å². The molecule has 0 aromatic heterocycles. The van der Waals surface area contributed by atoms with Gasteiger partial charge in [0.05, 0.1) is 0 Å². The van der Waals surface area contributed by atoms with E-state index in [2.05, 4.69) is 13.0 Å². The highest BCUT2D eigenvalue weighted by atomic mass is 35.5. The zero-order valence-electron chi connectivity index (χ0n) is 4.89. The van der Waals surface area contributed by atoms with Gasteiger partial charge in [0.2, 0.25) is 0 Å². The summed E-state index contributed by atoms with van der Waals surface area (Å²) in [6.07, 6.45) is 7.18. The molecule has 0 nitrogen and oxygen atoms in total. The molecule has 44 valence electrons. The smallest absolute Gasteiger partial charge is 0.0212 e. The number of halogens is 1. The molecule has 0 heterocycles. The van der Waals surface area contributed by atoms with Gasteiger partial charge in [-0.05, 0) is 18.4 Å². The molecule has 0 amide bonds. The summed E-state index contributed by atoms with van der Waals surface area (Å²) in [6.45, 7) is 2.13. The van der Waals surface area contributed by atoms with Crippen molar-refractivity contribution < 1.29 is 0 Å². The minimum atomic E-state index is 0.543. The van der Waals surface area contributed by atoms with Gasteiger partial charge in [-0.2, -0.15) is 0 Å². The summed E-state index contributed by atoms with van der Waals surface area (Å²) in [6, 6.07) is 0. The van der Waals surface area contributed by atoms with E-state index in [4.69, 9.17) is 11.6 Å². The van der Waals surface area contributed by atoms with Crippen molar-refractivity contribution in [3.05, 3.63) is 23.3 Å². The third-order valence-electron chi connectivity index (χ3n) is 1.35. The zero-order valence-corrected chi connectivity index (χ0v) is 5.65. The van der Waals surface area contributed by atoms with E-state index in [1.165, 1.54) is 0 Å². The van der Waals surface area contributed by atoms with Gasteiger partial charge in [-0.25, -0.2) is 0 Å². The maximum Gasteiger partial charge on any atom is 0.0212 e. The van der Waals surface area contributed by atoms with Crippen LogP contribution in [0.15, 0.2) is 23.3 Å². The lowest BCUT2D eigenvalue weighted by Gasteiger charge is -2.08. The standard InChI is InChI=1S/C7H9Cl/c1-6-4-2-3-5-7(6)8/h2-3,5-6H,4H2,1H3. The first-order chi connectivity index (χ1) is 3.80. The summed E-state index contributed by atoms with van der Waals surface area (Å²) in [7, 11) is 0. The van der Waals surface area contributed by atoms with Gasteiger partial charge >= 0.3 is 0 Å². The van der Waals surface area contributed by atoms with Crippen LogP contribution >= 0.6 is 11.6 Å². The third-order valence-corrected chi connectivity index (χ3v) is 1.85. The average Bonchev–Trinajstić information content (AvgIpc) is 1.77. The average molecular weight is 129 g/mol. The second kappa shape index (κ2) is 2.36. The normalized spacial score (nSPS) is 27.8. The Labute approximate surface area is 54.8 Å². The number of hydrogen-bond acceptors (Lipinski definition) is 0. The highest BCUT2D eigenvalue weighted by Crippen LogP contribution is 2.22. The SMILES string of the molecule is CC1CC=CC=C1Cl. The molecule has 0 aliphatic heterocycles. The van der Waals surface area contributed by atoms with Crippen molar-refractivity contribution in [2.24, 2.45) is 5.92 Å². The quantitative estimate of drug-likeness (QED) is 0.471. The lowest BCUT2D eigenvalue weighted by Crippen LogP contribution is -1.94. The Kier molecular flexibility index (Phi) is 1.74. The van der Waals surface area contributed by atoms with Crippen LogP contribution in [-0.2, 0) is 0 Å². The van der Waals surface area contributed by atoms with Gasteiger partial charge in [0.1, 0.15) is 0 Å². The van der Waals surface area contributed by atoms with Crippen molar-refractivity contribution in [1.29, 1.82) is 0 Å². The fourth-order valence-electron chi connectivity index (χ4n) is 0.720. The Hall–Kier alpha value is -0.230. The van der Waals surface area contributed by atoms with E-state index in [1.807, 2.05) is 12.2 Å². The maximum absolute atomic E-state index is 5.78. The van der Waals surface area contributed by atoms with E-state index in [0.717, 1.165) is 11.5 Å². The topological polar surface area (TPSA) is 0 Å². The molecule has 0 saturated carbocycles. The van der Waals surface area contributed by atoms with Crippen molar-refractivity contribution in [2.45, 2.75) is 13.3 Å². The minimum Gasteiger partial charge on any atom is -0.0888 e. The molecule has 1 aliphatic rings. The van der Waals surface area contributed by atoms with Gasteiger partial charge in [0.25, 0.3) is 0 Å². The molecule has 1 aliphatic carbocycles. The Morgan fingerprint density at radius 3 is 2.88 bits per heavy atom. The zero-order chi connectivity index (χ0) is 5.98. The van der Waals surface area contributed by atoms with E-state index in [0.29, 0.717) is 5.92 Å². The van der Waals surface area contributed by atoms with Crippen LogP contribution in [0.1, 0.15) is 13.3 Å². The summed E-state index contributed by atoms with van der Waals surface area (Å²) >= 11 is 5.78. The summed E-state index contributed by atoms with van der Waals surface area (Å²) < 4.78 is 0. The van der Waals surface area contributed by atoms with Gasteiger partial charge in [-0.3, -0.25) is 0 Å². The van der Waals surface area contributed by atoms with Crippen LogP contribution in [0, 0.1) is 5.92 Å². The monoisotopic (exact) mass is 128 g/mol. The minimum absolute atomic E-state index is 0.543. The van der Waals surface area contributed by atoms with Crippen molar-refractivity contribution in [1.82, 2.24) is 0 Å². The Morgan fingerprint density at radius 1 is 1.75 bits per heavy atom. The van der Waals surface area contributed by atoms with Crippen molar-refractivity contribution in [3.63, 3.8) is 0 Å². The van der Waals surface area contributed by atoms with E-state index in [1.54, 1.807) is 0 Å². The fourth-order valence-corrected chi connectivity index (χ4v) is 0.881.